The maximum atomic E-state index is 2.34. The summed E-state index contributed by atoms with van der Waals surface area (Å²) in [5, 5.41) is 2.80. The van der Waals surface area contributed by atoms with Crippen LogP contribution in [0.1, 0.15) is 24.5 Å². The maximum Gasteiger partial charge on any atom is 3.00 e. The van der Waals surface area contributed by atoms with Crippen LogP contribution in [-0.2, 0) is 32.6 Å². The Morgan fingerprint density at radius 1 is 0.955 bits per heavy atom. The SMILES string of the molecule is CCCc1cc(C)cc2[cH-]c(-c3ccccc3)cc12.[Cl-].[Cl-].[Zr+3]. The average molecular weight is 409 g/mol. The first-order chi connectivity index (χ1) is 9.28. The van der Waals surface area contributed by atoms with Crippen LogP contribution in [0.15, 0.2) is 54.6 Å². The molecule has 0 spiro atoms. The summed E-state index contributed by atoms with van der Waals surface area (Å²) in [6, 6.07) is 19.9. The minimum Gasteiger partial charge on any atom is -1.00 e. The molecule has 0 amide bonds. The first-order valence-electron chi connectivity index (χ1n) is 7.03. The summed E-state index contributed by atoms with van der Waals surface area (Å²) in [5.41, 5.74) is 5.48. The Morgan fingerprint density at radius 2 is 1.64 bits per heavy atom. The van der Waals surface area contributed by atoms with Crippen molar-refractivity contribution in [3.8, 4) is 11.1 Å². The molecule has 3 rings (SSSR count). The van der Waals surface area contributed by atoms with Gasteiger partial charge in [0, 0.05) is 0 Å². The van der Waals surface area contributed by atoms with Gasteiger partial charge in [-0.15, -0.1) is 34.5 Å². The fourth-order valence-corrected chi connectivity index (χ4v) is 2.84. The zero-order chi connectivity index (χ0) is 13.2. The van der Waals surface area contributed by atoms with Crippen molar-refractivity contribution in [1.29, 1.82) is 0 Å². The minimum atomic E-state index is 0. The largest absolute Gasteiger partial charge is 3.00 e. The summed E-state index contributed by atoms with van der Waals surface area (Å²) in [5.74, 6) is 0. The van der Waals surface area contributed by atoms with E-state index in [2.05, 4.69) is 68.4 Å². The Bertz CT molecular complexity index is 702. The number of benzene rings is 2. The van der Waals surface area contributed by atoms with E-state index in [1.54, 1.807) is 0 Å². The number of rotatable bonds is 3. The van der Waals surface area contributed by atoms with Gasteiger partial charge >= 0.3 is 26.2 Å². The molecule has 0 aliphatic heterocycles. The number of halogens is 2. The van der Waals surface area contributed by atoms with Crippen LogP contribution in [0.5, 0.6) is 0 Å². The fourth-order valence-electron chi connectivity index (χ4n) is 2.84. The number of hydrogen-bond donors (Lipinski definition) is 0. The molecule has 0 N–H and O–H groups in total. The Labute approximate surface area is 164 Å². The summed E-state index contributed by atoms with van der Waals surface area (Å²) in [7, 11) is 0. The number of aryl methyl sites for hydroxylation is 2. The zero-order valence-corrected chi connectivity index (χ0v) is 16.8. The Morgan fingerprint density at radius 3 is 2.27 bits per heavy atom. The van der Waals surface area contributed by atoms with Crippen LogP contribution in [-0.4, -0.2) is 0 Å². The van der Waals surface area contributed by atoms with E-state index in [1.165, 1.54) is 39.4 Å². The van der Waals surface area contributed by atoms with E-state index in [4.69, 9.17) is 0 Å². The normalized spacial score (nSPS) is 9.55. The molecule has 113 valence electrons. The molecular formula is C19H19Cl2Zr. The van der Waals surface area contributed by atoms with Gasteiger partial charge in [0.1, 0.15) is 0 Å². The molecule has 0 bridgehead atoms. The molecule has 3 aromatic carbocycles. The van der Waals surface area contributed by atoms with Crippen LogP contribution in [0.4, 0.5) is 0 Å². The van der Waals surface area contributed by atoms with Gasteiger partial charge in [-0.3, -0.25) is 0 Å². The van der Waals surface area contributed by atoms with Crippen molar-refractivity contribution in [1.82, 2.24) is 0 Å². The first kappa shape index (κ1) is 21.5. The van der Waals surface area contributed by atoms with Crippen LogP contribution < -0.4 is 24.8 Å². The molecule has 0 saturated heterocycles. The maximum absolute atomic E-state index is 2.34. The van der Waals surface area contributed by atoms with Gasteiger partial charge in [-0.2, -0.15) is 0 Å². The third-order valence-electron chi connectivity index (χ3n) is 3.68. The standard InChI is InChI=1S/C19H19.2ClH.Zr/c1-3-7-16-10-14(2)11-18-12-17(13-19(16)18)15-8-5-4-6-9-15;;;/h4-6,8-13H,3,7H2,1-2H3;2*1H;/q-1;;;+3/p-2. The van der Waals surface area contributed by atoms with Gasteiger partial charge < -0.3 is 24.8 Å². The molecule has 3 heteroatoms. The second-order valence-electron chi connectivity index (χ2n) is 5.29. The second-order valence-corrected chi connectivity index (χ2v) is 5.29. The Hall–Kier alpha value is -0.487. The molecule has 0 atom stereocenters. The van der Waals surface area contributed by atoms with E-state index < -0.39 is 0 Å². The molecule has 1 radical (unpaired) electrons. The second kappa shape index (κ2) is 9.61. The van der Waals surface area contributed by atoms with Crippen molar-refractivity contribution in [3.63, 3.8) is 0 Å². The van der Waals surface area contributed by atoms with Crippen LogP contribution in [0.3, 0.4) is 0 Å². The minimum absolute atomic E-state index is 0. The smallest absolute Gasteiger partial charge is 1.00 e. The molecule has 3 aromatic rings. The van der Waals surface area contributed by atoms with E-state index in [9.17, 15) is 0 Å². The predicted molar refractivity (Wildman–Crippen MR) is 83.7 cm³/mol. The summed E-state index contributed by atoms with van der Waals surface area (Å²) >= 11 is 0. The van der Waals surface area contributed by atoms with Gasteiger partial charge in [0.15, 0.2) is 0 Å². The van der Waals surface area contributed by atoms with E-state index in [0.717, 1.165) is 6.42 Å². The quantitative estimate of drug-likeness (QED) is 0.512. The molecule has 0 saturated carbocycles. The molecule has 0 aromatic heterocycles. The summed E-state index contributed by atoms with van der Waals surface area (Å²) in [6.45, 7) is 4.43. The third kappa shape index (κ3) is 4.51. The molecule has 0 aliphatic carbocycles. The average Bonchev–Trinajstić information content (AvgIpc) is 2.84. The van der Waals surface area contributed by atoms with E-state index in [0.29, 0.717) is 0 Å². The first-order valence-corrected chi connectivity index (χ1v) is 7.03. The predicted octanol–water partition coefficient (Wildman–Crippen LogP) is -0.508. The molecule has 0 nitrogen and oxygen atoms in total. The van der Waals surface area contributed by atoms with Crippen molar-refractivity contribution in [2.24, 2.45) is 0 Å². The zero-order valence-electron chi connectivity index (χ0n) is 12.9. The molecule has 0 unspecified atom stereocenters. The summed E-state index contributed by atoms with van der Waals surface area (Å²) in [6.07, 6.45) is 2.36. The molecule has 0 aliphatic rings. The third-order valence-corrected chi connectivity index (χ3v) is 3.68. The van der Waals surface area contributed by atoms with Crippen LogP contribution >= 0.6 is 0 Å². The van der Waals surface area contributed by atoms with Gasteiger partial charge in [0.2, 0.25) is 0 Å². The summed E-state index contributed by atoms with van der Waals surface area (Å²) in [4.78, 5) is 0. The van der Waals surface area contributed by atoms with Gasteiger partial charge in [0.25, 0.3) is 0 Å². The Balaban J connectivity index is 0.00000147. The van der Waals surface area contributed by atoms with E-state index in [1.807, 2.05) is 0 Å². The van der Waals surface area contributed by atoms with Crippen molar-refractivity contribution in [2.45, 2.75) is 26.7 Å². The van der Waals surface area contributed by atoms with Crippen LogP contribution in [0.25, 0.3) is 21.9 Å². The van der Waals surface area contributed by atoms with E-state index >= 15 is 0 Å². The van der Waals surface area contributed by atoms with Crippen molar-refractivity contribution in [3.05, 3.63) is 65.7 Å². The van der Waals surface area contributed by atoms with E-state index in [-0.39, 0.29) is 51.0 Å². The molecule has 22 heavy (non-hydrogen) atoms. The molecular weight excluding hydrogens is 390 g/mol. The van der Waals surface area contributed by atoms with Gasteiger partial charge in [-0.05, 0) is 13.3 Å². The van der Waals surface area contributed by atoms with Crippen molar-refractivity contribution < 1.29 is 51.0 Å². The fraction of sp³-hybridized carbons (Fsp3) is 0.211. The Kier molecular flexibility index (Phi) is 9.39. The monoisotopic (exact) mass is 407 g/mol. The van der Waals surface area contributed by atoms with Crippen LogP contribution in [0, 0.1) is 6.92 Å². The molecule has 0 fully saturated rings. The number of fused-ring (bicyclic) bond motifs is 1. The molecule has 0 heterocycles. The van der Waals surface area contributed by atoms with Crippen molar-refractivity contribution in [2.75, 3.05) is 0 Å². The van der Waals surface area contributed by atoms with Crippen LogP contribution in [0.2, 0.25) is 0 Å². The topological polar surface area (TPSA) is 0 Å². The van der Waals surface area contributed by atoms with Crippen molar-refractivity contribution >= 4 is 10.8 Å². The summed E-state index contributed by atoms with van der Waals surface area (Å²) < 4.78 is 0. The number of hydrogen-bond acceptors (Lipinski definition) is 0. The van der Waals surface area contributed by atoms with Gasteiger partial charge in [-0.1, -0.05) is 66.4 Å². The van der Waals surface area contributed by atoms with Gasteiger partial charge in [-0.25, -0.2) is 0 Å². The van der Waals surface area contributed by atoms with Gasteiger partial charge in [0.05, 0.1) is 0 Å².